The zero-order valence-corrected chi connectivity index (χ0v) is 11.3. The van der Waals surface area contributed by atoms with Crippen LogP contribution in [0.25, 0.3) is 10.4 Å². The number of aromatic hydroxyl groups is 1. The fourth-order valence-corrected chi connectivity index (χ4v) is 1.69. The van der Waals surface area contributed by atoms with Crippen molar-refractivity contribution in [1.82, 2.24) is 0 Å². The van der Waals surface area contributed by atoms with E-state index in [1.807, 2.05) is 20.8 Å². The van der Waals surface area contributed by atoms with Gasteiger partial charge in [0.05, 0.1) is 12.6 Å². The van der Waals surface area contributed by atoms with E-state index >= 15 is 0 Å². The molecule has 0 aromatic heterocycles. The van der Waals surface area contributed by atoms with Gasteiger partial charge in [0.1, 0.15) is 11.9 Å². The molecule has 0 bridgehead atoms. The normalized spacial score (nSPS) is 14.6. The number of azide groups is 1. The Kier molecular flexibility index (Phi) is 4.78. The van der Waals surface area contributed by atoms with Gasteiger partial charge >= 0.3 is 0 Å². The summed E-state index contributed by atoms with van der Waals surface area (Å²) < 4.78 is 0. The van der Waals surface area contributed by atoms with Crippen LogP contribution in [0.2, 0.25) is 0 Å². The van der Waals surface area contributed by atoms with Crippen LogP contribution in [0.4, 0.5) is 0 Å². The summed E-state index contributed by atoms with van der Waals surface area (Å²) >= 11 is 0. The molecule has 0 aliphatic rings. The summed E-state index contributed by atoms with van der Waals surface area (Å²) in [5, 5.41) is 32.7. The predicted molar refractivity (Wildman–Crippen MR) is 71.8 cm³/mol. The highest BCUT2D eigenvalue weighted by atomic mass is 16.3. The Balaban J connectivity index is 3.08. The molecule has 1 rings (SSSR count). The Morgan fingerprint density at radius 3 is 2.47 bits per heavy atom. The average Bonchev–Trinajstić information content (AvgIpc) is 2.34. The minimum absolute atomic E-state index is 0.0968. The van der Waals surface area contributed by atoms with Crippen molar-refractivity contribution in [2.75, 3.05) is 6.54 Å². The van der Waals surface area contributed by atoms with E-state index in [1.165, 1.54) is 6.07 Å². The first-order valence-corrected chi connectivity index (χ1v) is 5.97. The maximum Gasteiger partial charge on any atom is 0.121 e. The average molecular weight is 265 g/mol. The molecule has 1 aromatic rings. The molecule has 0 heterocycles. The van der Waals surface area contributed by atoms with Crippen LogP contribution in [-0.4, -0.2) is 28.0 Å². The summed E-state index contributed by atoms with van der Waals surface area (Å²) in [7, 11) is 0. The molecule has 0 amide bonds. The quantitative estimate of drug-likeness (QED) is 0.441. The standard InChI is InChI=1S/C13H19N3O3/c1-13(2,3)8-4-5-10(17)9(6-8)12(19)11(18)7-15-16-14/h4-6,11-12,17-19H,7H2,1-3H3. The third-order valence-electron chi connectivity index (χ3n) is 2.91. The third kappa shape index (κ3) is 3.86. The second-order valence-corrected chi connectivity index (χ2v) is 5.45. The van der Waals surface area contributed by atoms with Crippen molar-refractivity contribution in [3.8, 4) is 5.75 Å². The van der Waals surface area contributed by atoms with Crippen LogP contribution in [0.5, 0.6) is 5.75 Å². The molecule has 0 fully saturated rings. The lowest BCUT2D eigenvalue weighted by Crippen LogP contribution is -2.22. The van der Waals surface area contributed by atoms with E-state index in [1.54, 1.807) is 12.1 Å². The molecule has 19 heavy (non-hydrogen) atoms. The Bertz CT molecular complexity index is 490. The van der Waals surface area contributed by atoms with Crippen LogP contribution in [-0.2, 0) is 5.41 Å². The first kappa shape index (κ1) is 15.3. The Morgan fingerprint density at radius 2 is 1.95 bits per heavy atom. The van der Waals surface area contributed by atoms with Crippen molar-refractivity contribution >= 4 is 0 Å². The number of hydrogen-bond donors (Lipinski definition) is 3. The molecule has 0 spiro atoms. The van der Waals surface area contributed by atoms with E-state index in [9.17, 15) is 15.3 Å². The van der Waals surface area contributed by atoms with Crippen LogP contribution in [0.15, 0.2) is 23.3 Å². The molecule has 0 aliphatic carbocycles. The molecule has 6 nitrogen and oxygen atoms in total. The molecular formula is C13H19N3O3. The summed E-state index contributed by atoms with van der Waals surface area (Å²) in [5.41, 5.74) is 9.20. The molecule has 6 heteroatoms. The number of nitrogens with zero attached hydrogens (tertiary/aromatic N) is 3. The number of aliphatic hydroxyl groups excluding tert-OH is 2. The van der Waals surface area contributed by atoms with Gasteiger partial charge in [-0.25, -0.2) is 0 Å². The van der Waals surface area contributed by atoms with Crippen molar-refractivity contribution in [3.05, 3.63) is 39.8 Å². The van der Waals surface area contributed by atoms with E-state index in [-0.39, 0.29) is 23.3 Å². The summed E-state index contributed by atoms with van der Waals surface area (Å²) in [6.07, 6.45) is -2.55. The first-order chi connectivity index (χ1) is 8.77. The second-order valence-electron chi connectivity index (χ2n) is 5.45. The minimum atomic E-state index is -1.30. The second kappa shape index (κ2) is 5.93. The van der Waals surface area contributed by atoms with Crippen LogP contribution in [0.3, 0.4) is 0 Å². The first-order valence-electron chi connectivity index (χ1n) is 5.97. The fraction of sp³-hybridized carbons (Fsp3) is 0.538. The summed E-state index contributed by atoms with van der Waals surface area (Å²) in [4.78, 5) is 2.52. The van der Waals surface area contributed by atoms with Gasteiger partial charge in [-0.3, -0.25) is 0 Å². The topological polar surface area (TPSA) is 109 Å². The van der Waals surface area contributed by atoms with Crippen molar-refractivity contribution < 1.29 is 15.3 Å². The predicted octanol–water partition coefficient (Wildman–Crippen LogP) is 2.39. The van der Waals surface area contributed by atoms with Gasteiger partial charge in [-0.15, -0.1) is 0 Å². The van der Waals surface area contributed by atoms with Gasteiger partial charge in [-0.05, 0) is 28.6 Å². The Hall–Kier alpha value is -1.75. The maximum atomic E-state index is 9.99. The summed E-state index contributed by atoms with van der Waals surface area (Å²) in [5.74, 6) is -0.0968. The Morgan fingerprint density at radius 1 is 1.32 bits per heavy atom. The summed E-state index contributed by atoms with van der Waals surface area (Å²) in [6.45, 7) is 5.76. The van der Waals surface area contributed by atoms with Crippen LogP contribution < -0.4 is 0 Å². The number of phenols is 1. The van der Waals surface area contributed by atoms with Crippen LogP contribution in [0.1, 0.15) is 38.0 Å². The van der Waals surface area contributed by atoms with Crippen molar-refractivity contribution in [3.63, 3.8) is 0 Å². The Labute approximate surface area is 112 Å². The van der Waals surface area contributed by atoms with E-state index < -0.39 is 12.2 Å². The fourth-order valence-electron chi connectivity index (χ4n) is 1.69. The lowest BCUT2D eigenvalue weighted by Gasteiger charge is -2.23. The highest BCUT2D eigenvalue weighted by Crippen LogP contribution is 2.32. The van der Waals surface area contributed by atoms with Gasteiger partial charge < -0.3 is 15.3 Å². The number of phenolic OH excluding ortho intramolecular Hbond substituents is 1. The SMILES string of the molecule is CC(C)(C)c1ccc(O)c(C(O)C(O)CN=[N+]=[N-])c1. The molecular weight excluding hydrogens is 246 g/mol. The van der Waals surface area contributed by atoms with E-state index in [2.05, 4.69) is 10.0 Å². The number of rotatable bonds is 4. The number of aliphatic hydroxyl groups is 2. The zero-order valence-electron chi connectivity index (χ0n) is 11.3. The zero-order chi connectivity index (χ0) is 14.6. The van der Waals surface area contributed by atoms with Gasteiger partial charge in [0, 0.05) is 10.5 Å². The molecule has 2 unspecified atom stereocenters. The number of hydrogen-bond acceptors (Lipinski definition) is 4. The van der Waals surface area contributed by atoms with Crippen molar-refractivity contribution in [2.45, 2.75) is 38.4 Å². The van der Waals surface area contributed by atoms with Crippen molar-refractivity contribution in [1.29, 1.82) is 0 Å². The van der Waals surface area contributed by atoms with Crippen LogP contribution >= 0.6 is 0 Å². The van der Waals surface area contributed by atoms with Gasteiger partial charge in [0.2, 0.25) is 0 Å². The molecule has 104 valence electrons. The summed E-state index contributed by atoms with van der Waals surface area (Å²) in [6, 6.07) is 4.91. The maximum absolute atomic E-state index is 9.99. The molecule has 0 radical (unpaired) electrons. The molecule has 1 aromatic carbocycles. The molecule has 3 N–H and O–H groups in total. The molecule has 2 atom stereocenters. The largest absolute Gasteiger partial charge is 0.508 e. The molecule has 0 saturated heterocycles. The smallest absolute Gasteiger partial charge is 0.121 e. The van der Waals surface area contributed by atoms with E-state index in [0.29, 0.717) is 0 Å². The number of benzene rings is 1. The van der Waals surface area contributed by atoms with Gasteiger partial charge in [0.25, 0.3) is 0 Å². The lowest BCUT2D eigenvalue weighted by molar-refractivity contribution is 0.0229. The van der Waals surface area contributed by atoms with Gasteiger partial charge in [-0.1, -0.05) is 32.0 Å². The molecule has 0 saturated carbocycles. The highest BCUT2D eigenvalue weighted by Gasteiger charge is 2.23. The van der Waals surface area contributed by atoms with E-state index in [0.717, 1.165) is 5.56 Å². The monoisotopic (exact) mass is 265 g/mol. The van der Waals surface area contributed by atoms with Gasteiger partial charge in [-0.2, -0.15) is 0 Å². The highest BCUT2D eigenvalue weighted by molar-refractivity contribution is 5.40. The van der Waals surface area contributed by atoms with E-state index in [4.69, 9.17) is 5.53 Å². The van der Waals surface area contributed by atoms with Crippen molar-refractivity contribution in [2.24, 2.45) is 5.11 Å². The van der Waals surface area contributed by atoms with Crippen LogP contribution in [0, 0.1) is 0 Å². The lowest BCUT2D eigenvalue weighted by atomic mass is 9.85. The minimum Gasteiger partial charge on any atom is -0.508 e. The van der Waals surface area contributed by atoms with Gasteiger partial charge in [0.15, 0.2) is 0 Å². The molecule has 0 aliphatic heterocycles. The third-order valence-corrected chi connectivity index (χ3v) is 2.91.